The zero-order valence-electron chi connectivity index (χ0n) is 16.2. The second kappa shape index (κ2) is 10.5. The highest BCUT2D eigenvalue weighted by molar-refractivity contribution is 5.86. The van der Waals surface area contributed by atoms with E-state index in [2.05, 4.69) is 5.32 Å². The van der Waals surface area contributed by atoms with Gasteiger partial charge in [-0.2, -0.15) is 0 Å². The van der Waals surface area contributed by atoms with Gasteiger partial charge in [-0.3, -0.25) is 4.79 Å². The molecule has 1 amide bonds. The number of carbonyl (C=O) groups excluding carboxylic acids is 1. The molecule has 0 saturated heterocycles. The molecule has 0 saturated carbocycles. The van der Waals surface area contributed by atoms with Crippen LogP contribution >= 0.6 is 0 Å². The van der Waals surface area contributed by atoms with Crippen LogP contribution in [0, 0.1) is 5.92 Å². The van der Waals surface area contributed by atoms with Crippen LogP contribution in [0.15, 0.2) is 54.6 Å². The molecule has 0 heterocycles. The molecule has 0 aliphatic carbocycles. The van der Waals surface area contributed by atoms with Crippen molar-refractivity contribution >= 4 is 11.9 Å². The van der Waals surface area contributed by atoms with Crippen molar-refractivity contribution in [2.24, 2.45) is 5.92 Å². The Morgan fingerprint density at radius 1 is 1.00 bits per heavy atom. The fourth-order valence-electron chi connectivity index (χ4n) is 2.72. The summed E-state index contributed by atoms with van der Waals surface area (Å²) < 4.78 is 5.71. The van der Waals surface area contributed by atoms with Gasteiger partial charge < -0.3 is 20.3 Å². The first-order valence-electron chi connectivity index (χ1n) is 9.32. The highest BCUT2D eigenvalue weighted by Crippen LogP contribution is 2.16. The van der Waals surface area contributed by atoms with Crippen molar-refractivity contribution in [2.45, 2.75) is 45.4 Å². The van der Waals surface area contributed by atoms with Crippen molar-refractivity contribution in [3.8, 4) is 5.75 Å². The molecule has 0 radical (unpaired) electrons. The zero-order chi connectivity index (χ0) is 20.5. The predicted octanol–water partition coefficient (Wildman–Crippen LogP) is 2.78. The van der Waals surface area contributed by atoms with Crippen LogP contribution < -0.4 is 10.1 Å². The van der Waals surface area contributed by atoms with Gasteiger partial charge in [-0.05, 0) is 35.6 Å². The maximum Gasteiger partial charge on any atom is 0.326 e. The number of hydrogen-bond donors (Lipinski definition) is 3. The maximum absolute atomic E-state index is 12.0. The van der Waals surface area contributed by atoms with Crippen LogP contribution in [0.3, 0.4) is 0 Å². The molecule has 0 aliphatic heterocycles. The smallest absolute Gasteiger partial charge is 0.326 e. The largest absolute Gasteiger partial charge is 0.489 e. The molecule has 0 bridgehead atoms. The van der Waals surface area contributed by atoms with Crippen LogP contribution in [-0.2, 0) is 22.6 Å². The van der Waals surface area contributed by atoms with Gasteiger partial charge in [0.2, 0.25) is 5.91 Å². The molecule has 2 aromatic carbocycles. The molecule has 28 heavy (non-hydrogen) atoms. The van der Waals surface area contributed by atoms with Crippen molar-refractivity contribution in [3.05, 3.63) is 65.7 Å². The van der Waals surface area contributed by atoms with Crippen LogP contribution in [0.5, 0.6) is 5.75 Å². The van der Waals surface area contributed by atoms with Gasteiger partial charge >= 0.3 is 5.97 Å². The monoisotopic (exact) mass is 385 g/mol. The lowest BCUT2D eigenvalue weighted by Crippen LogP contribution is -2.46. The van der Waals surface area contributed by atoms with Gasteiger partial charge in [0, 0.05) is 6.42 Å². The van der Waals surface area contributed by atoms with E-state index < -0.39 is 24.0 Å². The fraction of sp³-hybridized carbons (Fsp3) is 0.364. The molecule has 150 valence electrons. The minimum Gasteiger partial charge on any atom is -0.489 e. The number of ether oxygens (including phenoxy) is 1. The third-order valence-electron chi connectivity index (χ3n) is 4.22. The molecular weight excluding hydrogens is 358 g/mol. The first kappa shape index (κ1) is 21.4. The third-order valence-corrected chi connectivity index (χ3v) is 4.22. The molecule has 3 N–H and O–H groups in total. The van der Waals surface area contributed by atoms with Gasteiger partial charge in [0.05, 0.1) is 0 Å². The number of aliphatic hydroxyl groups excluding tert-OH is 1. The average Bonchev–Trinajstić information content (AvgIpc) is 2.67. The lowest BCUT2D eigenvalue weighted by Gasteiger charge is -2.18. The summed E-state index contributed by atoms with van der Waals surface area (Å²) in [5.41, 5.74) is 1.80. The van der Waals surface area contributed by atoms with E-state index in [0.717, 1.165) is 11.1 Å². The Morgan fingerprint density at radius 2 is 1.64 bits per heavy atom. The van der Waals surface area contributed by atoms with Gasteiger partial charge in [-0.15, -0.1) is 0 Å². The van der Waals surface area contributed by atoms with Gasteiger partial charge in [-0.1, -0.05) is 56.3 Å². The standard InChI is InChI=1S/C22H27NO5/c1-15(2)12-20(24)21(25)23-19(22(26)27)13-16-8-10-18(11-9-16)28-14-17-6-4-3-5-7-17/h3-11,15,19-20,24H,12-14H2,1-2H3,(H,23,25)(H,26,27)/t19-,20+/m0/s1. The van der Waals surface area contributed by atoms with E-state index in [4.69, 9.17) is 4.74 Å². The summed E-state index contributed by atoms with van der Waals surface area (Å²) in [5.74, 6) is -0.998. The van der Waals surface area contributed by atoms with Crippen molar-refractivity contribution in [2.75, 3.05) is 0 Å². The first-order valence-corrected chi connectivity index (χ1v) is 9.32. The zero-order valence-corrected chi connectivity index (χ0v) is 16.2. The molecule has 2 aromatic rings. The molecule has 2 atom stereocenters. The normalized spacial score (nSPS) is 13.0. The minimum atomic E-state index is -1.21. The summed E-state index contributed by atoms with van der Waals surface area (Å²) in [7, 11) is 0. The number of benzene rings is 2. The third kappa shape index (κ3) is 7.04. The Balaban J connectivity index is 1.92. The number of aliphatic carboxylic acids is 1. The SMILES string of the molecule is CC(C)C[C@@H](O)C(=O)N[C@@H](Cc1ccc(OCc2ccccc2)cc1)C(=O)O. The second-order valence-corrected chi connectivity index (χ2v) is 7.17. The number of carbonyl (C=O) groups is 2. The Morgan fingerprint density at radius 3 is 2.21 bits per heavy atom. The number of carboxylic acids is 1. The number of amides is 1. The molecule has 0 spiro atoms. The minimum absolute atomic E-state index is 0.119. The van der Waals surface area contributed by atoms with E-state index in [-0.39, 0.29) is 18.8 Å². The summed E-state index contributed by atoms with van der Waals surface area (Å²) in [6.07, 6.45) is -0.810. The maximum atomic E-state index is 12.0. The van der Waals surface area contributed by atoms with Crippen LogP contribution in [0.4, 0.5) is 0 Å². The number of aliphatic hydroxyl groups is 1. The van der Waals surface area contributed by atoms with Crippen molar-refractivity contribution in [1.29, 1.82) is 0 Å². The van der Waals surface area contributed by atoms with Crippen molar-refractivity contribution < 1.29 is 24.5 Å². The highest BCUT2D eigenvalue weighted by Gasteiger charge is 2.24. The molecule has 6 nitrogen and oxygen atoms in total. The van der Waals surface area contributed by atoms with E-state index in [1.807, 2.05) is 44.2 Å². The molecule has 6 heteroatoms. The topological polar surface area (TPSA) is 95.9 Å². The summed E-state index contributed by atoms with van der Waals surface area (Å²) in [5, 5.41) is 21.7. The summed E-state index contributed by atoms with van der Waals surface area (Å²) >= 11 is 0. The van der Waals surface area contributed by atoms with Crippen LogP contribution in [0.1, 0.15) is 31.4 Å². The van der Waals surface area contributed by atoms with E-state index >= 15 is 0 Å². The summed E-state index contributed by atoms with van der Waals surface area (Å²) in [6, 6.07) is 15.8. The van der Waals surface area contributed by atoms with E-state index in [9.17, 15) is 19.8 Å². The predicted molar refractivity (Wildman–Crippen MR) is 106 cm³/mol. The van der Waals surface area contributed by atoms with Gasteiger partial charge in [-0.25, -0.2) is 4.79 Å². The van der Waals surface area contributed by atoms with Crippen LogP contribution in [-0.4, -0.2) is 34.2 Å². The second-order valence-electron chi connectivity index (χ2n) is 7.17. The van der Waals surface area contributed by atoms with Crippen molar-refractivity contribution in [3.63, 3.8) is 0 Å². The van der Waals surface area contributed by atoms with Crippen molar-refractivity contribution in [1.82, 2.24) is 5.32 Å². The quantitative estimate of drug-likeness (QED) is 0.584. The molecular formula is C22H27NO5. The lowest BCUT2D eigenvalue weighted by molar-refractivity contribution is -0.143. The molecule has 2 rings (SSSR count). The van der Waals surface area contributed by atoms with E-state index in [0.29, 0.717) is 12.4 Å². The van der Waals surface area contributed by atoms with Crippen LogP contribution in [0.2, 0.25) is 0 Å². The molecule has 0 fully saturated rings. The lowest BCUT2D eigenvalue weighted by atomic mass is 10.0. The number of rotatable bonds is 10. The Kier molecular flexibility index (Phi) is 8.02. The highest BCUT2D eigenvalue weighted by atomic mass is 16.5. The Bertz CT molecular complexity index is 758. The molecule has 0 aliphatic rings. The summed E-state index contributed by atoms with van der Waals surface area (Å²) in [6.45, 7) is 4.21. The molecule has 0 aromatic heterocycles. The Labute approximate surface area is 165 Å². The Hall–Kier alpha value is -2.86. The van der Waals surface area contributed by atoms with Gasteiger partial charge in [0.1, 0.15) is 24.5 Å². The fourth-order valence-corrected chi connectivity index (χ4v) is 2.72. The van der Waals surface area contributed by atoms with Crippen LogP contribution in [0.25, 0.3) is 0 Å². The first-order chi connectivity index (χ1) is 13.3. The molecule has 0 unspecified atom stereocenters. The average molecular weight is 385 g/mol. The number of hydrogen-bond acceptors (Lipinski definition) is 4. The van der Waals surface area contributed by atoms with Gasteiger partial charge in [0.25, 0.3) is 0 Å². The van der Waals surface area contributed by atoms with E-state index in [1.54, 1.807) is 24.3 Å². The number of carboxylic acid groups (broad SMARTS) is 1. The number of nitrogens with one attached hydrogen (secondary N) is 1. The summed E-state index contributed by atoms with van der Waals surface area (Å²) in [4.78, 5) is 23.5. The van der Waals surface area contributed by atoms with E-state index in [1.165, 1.54) is 0 Å². The van der Waals surface area contributed by atoms with Gasteiger partial charge in [0.15, 0.2) is 0 Å².